The van der Waals surface area contributed by atoms with Crippen LogP contribution in [-0.4, -0.2) is 52.4 Å². The molecule has 1 aromatic carbocycles. The first-order valence-electron chi connectivity index (χ1n) is 10.6. The second-order valence-electron chi connectivity index (χ2n) is 8.04. The Morgan fingerprint density at radius 3 is 2.58 bits per heavy atom. The second-order valence-corrected chi connectivity index (χ2v) is 9.25. The number of aromatic amines is 1. The molecule has 0 radical (unpaired) electrons. The first-order valence-corrected chi connectivity index (χ1v) is 11.4. The van der Waals surface area contributed by atoms with Gasteiger partial charge < -0.3 is 14.5 Å². The van der Waals surface area contributed by atoms with E-state index >= 15 is 0 Å². The molecule has 0 saturated carbocycles. The van der Waals surface area contributed by atoms with Crippen molar-refractivity contribution in [3.05, 3.63) is 47.7 Å². The number of nitrogens with zero attached hydrogens (tertiary/aromatic N) is 5. The van der Waals surface area contributed by atoms with E-state index in [2.05, 4.69) is 49.0 Å². The lowest BCUT2D eigenvalue weighted by atomic mass is 10.1. The van der Waals surface area contributed by atoms with E-state index in [0.717, 1.165) is 64.9 Å². The minimum atomic E-state index is 0.132. The first kappa shape index (κ1) is 19.8. The van der Waals surface area contributed by atoms with E-state index in [1.165, 1.54) is 5.00 Å². The van der Waals surface area contributed by atoms with E-state index in [1.807, 2.05) is 44.4 Å². The summed E-state index contributed by atoms with van der Waals surface area (Å²) in [6.45, 7) is 9.92. The van der Waals surface area contributed by atoms with Crippen LogP contribution in [0.25, 0.3) is 22.2 Å². The molecule has 1 N–H and O–H groups in total. The number of thiazole rings is 1. The number of aryl methyl sites for hydroxylation is 1. The van der Waals surface area contributed by atoms with Gasteiger partial charge in [-0.15, -0.1) is 11.3 Å². The van der Waals surface area contributed by atoms with Gasteiger partial charge in [0.05, 0.1) is 22.8 Å². The van der Waals surface area contributed by atoms with Crippen LogP contribution in [0, 0.1) is 6.92 Å². The number of aromatic nitrogens is 4. The summed E-state index contributed by atoms with van der Waals surface area (Å²) in [5.41, 5.74) is 2.98. The molecule has 0 bridgehead atoms. The zero-order valence-corrected chi connectivity index (χ0v) is 18.8. The number of ether oxygens (including phenoxy) is 1. The van der Waals surface area contributed by atoms with E-state index in [9.17, 15) is 0 Å². The molecule has 3 aromatic heterocycles. The number of piperazine rings is 1. The quantitative estimate of drug-likeness (QED) is 0.499. The number of rotatable bonds is 5. The highest BCUT2D eigenvalue weighted by molar-refractivity contribution is 7.15. The molecule has 8 heteroatoms. The van der Waals surface area contributed by atoms with Crippen molar-refractivity contribution in [3.63, 3.8) is 0 Å². The minimum Gasteiger partial charge on any atom is -0.491 e. The molecule has 4 aromatic rings. The predicted molar refractivity (Wildman–Crippen MR) is 126 cm³/mol. The normalized spacial score (nSPS) is 14.6. The molecule has 1 aliphatic rings. The highest BCUT2D eigenvalue weighted by Crippen LogP contribution is 2.31. The van der Waals surface area contributed by atoms with Crippen molar-refractivity contribution in [2.24, 2.45) is 0 Å². The van der Waals surface area contributed by atoms with Crippen LogP contribution in [0.15, 0.2) is 42.7 Å². The molecular formula is C23H26N6OS. The van der Waals surface area contributed by atoms with Crippen molar-refractivity contribution in [1.29, 1.82) is 0 Å². The third-order valence-electron chi connectivity index (χ3n) is 5.45. The number of fused-ring (bicyclic) bond motifs is 1. The Kier molecular flexibility index (Phi) is 5.23. The molecule has 0 aliphatic carbocycles. The third kappa shape index (κ3) is 4.07. The van der Waals surface area contributed by atoms with Gasteiger partial charge in [0.2, 0.25) is 0 Å². The van der Waals surface area contributed by atoms with Crippen LogP contribution in [0.2, 0.25) is 0 Å². The van der Waals surface area contributed by atoms with Gasteiger partial charge in [-0.2, -0.15) is 5.10 Å². The monoisotopic (exact) mass is 434 g/mol. The van der Waals surface area contributed by atoms with Gasteiger partial charge in [0.1, 0.15) is 22.3 Å². The maximum Gasteiger partial charge on any atom is 0.129 e. The van der Waals surface area contributed by atoms with Gasteiger partial charge in [0, 0.05) is 43.3 Å². The van der Waals surface area contributed by atoms with Gasteiger partial charge in [-0.3, -0.25) is 5.10 Å². The van der Waals surface area contributed by atoms with E-state index in [1.54, 1.807) is 11.3 Å². The summed E-state index contributed by atoms with van der Waals surface area (Å²) < 4.78 is 5.88. The molecule has 0 amide bonds. The van der Waals surface area contributed by atoms with Crippen LogP contribution in [0.4, 0.5) is 10.8 Å². The van der Waals surface area contributed by atoms with Gasteiger partial charge in [-0.1, -0.05) is 0 Å². The smallest absolute Gasteiger partial charge is 0.129 e. The van der Waals surface area contributed by atoms with Crippen LogP contribution in [-0.2, 0) is 0 Å². The summed E-state index contributed by atoms with van der Waals surface area (Å²) in [6.07, 6.45) is 3.99. The lowest BCUT2D eigenvalue weighted by molar-refractivity contribution is 0.243. The molecule has 0 unspecified atom stereocenters. The Balaban J connectivity index is 1.37. The summed E-state index contributed by atoms with van der Waals surface area (Å²) in [4.78, 5) is 13.8. The Labute approximate surface area is 185 Å². The Hall–Kier alpha value is -3.13. The maximum absolute atomic E-state index is 5.88. The SMILES string of the molecule is Cc1ncc(N2CCN(c3cc(-c4n[nH]c5ccc(OC(C)C)cc45)ccn3)CC2)s1. The van der Waals surface area contributed by atoms with Crippen molar-refractivity contribution < 1.29 is 4.74 Å². The summed E-state index contributed by atoms with van der Waals surface area (Å²) in [5, 5.41) is 11.1. The van der Waals surface area contributed by atoms with E-state index in [0.29, 0.717) is 0 Å². The molecule has 4 heterocycles. The number of anilines is 2. The first-order chi connectivity index (χ1) is 15.1. The zero-order valence-electron chi connectivity index (χ0n) is 18.0. The summed E-state index contributed by atoms with van der Waals surface area (Å²) in [5.74, 6) is 1.84. The van der Waals surface area contributed by atoms with Crippen molar-refractivity contribution >= 4 is 33.1 Å². The minimum absolute atomic E-state index is 0.132. The molecule has 0 spiro atoms. The lowest BCUT2D eigenvalue weighted by Gasteiger charge is -2.35. The van der Waals surface area contributed by atoms with Crippen LogP contribution < -0.4 is 14.5 Å². The highest BCUT2D eigenvalue weighted by atomic mass is 32.1. The number of H-pyrrole nitrogens is 1. The molecule has 0 atom stereocenters. The highest BCUT2D eigenvalue weighted by Gasteiger charge is 2.20. The fourth-order valence-corrected chi connectivity index (χ4v) is 4.77. The largest absolute Gasteiger partial charge is 0.491 e. The number of hydrogen-bond acceptors (Lipinski definition) is 7. The van der Waals surface area contributed by atoms with Crippen molar-refractivity contribution in [2.45, 2.75) is 26.9 Å². The fourth-order valence-electron chi connectivity index (χ4n) is 3.95. The Morgan fingerprint density at radius 1 is 1.03 bits per heavy atom. The predicted octanol–water partition coefficient (Wildman–Crippen LogP) is 4.50. The van der Waals surface area contributed by atoms with Crippen LogP contribution in [0.3, 0.4) is 0 Å². The average Bonchev–Trinajstić information content (AvgIpc) is 3.39. The zero-order chi connectivity index (χ0) is 21.4. The summed E-state index contributed by atoms with van der Waals surface area (Å²) in [7, 11) is 0. The molecule has 1 aliphatic heterocycles. The second kappa shape index (κ2) is 8.19. The van der Waals surface area contributed by atoms with E-state index in [-0.39, 0.29) is 6.10 Å². The van der Waals surface area contributed by atoms with Gasteiger partial charge in [0.15, 0.2) is 0 Å². The van der Waals surface area contributed by atoms with Gasteiger partial charge in [0.25, 0.3) is 0 Å². The molecule has 7 nitrogen and oxygen atoms in total. The maximum atomic E-state index is 5.88. The topological polar surface area (TPSA) is 70.2 Å². The lowest BCUT2D eigenvalue weighted by Crippen LogP contribution is -2.46. The summed E-state index contributed by atoms with van der Waals surface area (Å²) in [6, 6.07) is 10.2. The molecule has 160 valence electrons. The molecule has 1 fully saturated rings. The standard InChI is InChI=1S/C23H26N6OS/c1-15(2)30-18-4-5-20-19(13-18)23(27-26-20)17-6-7-24-21(12-17)28-8-10-29(11-9-28)22-14-25-16(3)31-22/h4-7,12-15H,8-11H2,1-3H3,(H,26,27). The number of benzene rings is 1. The number of pyridine rings is 1. The Morgan fingerprint density at radius 2 is 1.84 bits per heavy atom. The number of hydrogen-bond donors (Lipinski definition) is 1. The van der Waals surface area contributed by atoms with E-state index < -0.39 is 0 Å². The molecule has 5 rings (SSSR count). The summed E-state index contributed by atoms with van der Waals surface area (Å²) >= 11 is 1.76. The van der Waals surface area contributed by atoms with Gasteiger partial charge >= 0.3 is 0 Å². The van der Waals surface area contributed by atoms with Crippen LogP contribution in [0.5, 0.6) is 5.75 Å². The molecule has 31 heavy (non-hydrogen) atoms. The van der Waals surface area contributed by atoms with E-state index in [4.69, 9.17) is 4.74 Å². The van der Waals surface area contributed by atoms with Crippen molar-refractivity contribution in [1.82, 2.24) is 20.2 Å². The number of nitrogens with one attached hydrogen (secondary N) is 1. The van der Waals surface area contributed by atoms with Gasteiger partial charge in [-0.05, 0) is 51.1 Å². The van der Waals surface area contributed by atoms with Crippen LogP contribution >= 0.6 is 11.3 Å². The average molecular weight is 435 g/mol. The van der Waals surface area contributed by atoms with Crippen molar-refractivity contribution in [2.75, 3.05) is 36.0 Å². The van der Waals surface area contributed by atoms with Gasteiger partial charge in [-0.25, -0.2) is 9.97 Å². The Bertz CT molecular complexity index is 1190. The fraction of sp³-hybridized carbons (Fsp3) is 0.348. The molecular weight excluding hydrogens is 408 g/mol. The molecule has 1 saturated heterocycles. The third-order valence-corrected chi connectivity index (χ3v) is 6.42. The van der Waals surface area contributed by atoms with Crippen molar-refractivity contribution in [3.8, 4) is 17.0 Å². The van der Waals surface area contributed by atoms with Crippen LogP contribution in [0.1, 0.15) is 18.9 Å².